The Kier molecular flexibility index (Phi) is 8.13. The van der Waals surface area contributed by atoms with Crippen molar-refractivity contribution >= 4 is 30.1 Å². The molecule has 6 nitrogen and oxygen atoms in total. The Balaban J connectivity index is 0.00000300. The first-order valence-electron chi connectivity index (χ1n) is 9.53. The van der Waals surface area contributed by atoms with Crippen LogP contribution in [0.1, 0.15) is 43.0 Å². The van der Waals surface area contributed by atoms with Crippen LogP contribution in [0.2, 0.25) is 0 Å². The number of rotatable bonds is 6. The summed E-state index contributed by atoms with van der Waals surface area (Å²) < 4.78 is 26.3. The van der Waals surface area contributed by atoms with Crippen molar-refractivity contribution in [2.24, 2.45) is 0 Å². The summed E-state index contributed by atoms with van der Waals surface area (Å²) in [5, 5.41) is 6.35. The van der Waals surface area contributed by atoms with E-state index in [1.165, 1.54) is 6.07 Å². The summed E-state index contributed by atoms with van der Waals surface area (Å²) in [7, 11) is 1.94. The van der Waals surface area contributed by atoms with Crippen molar-refractivity contribution in [2.45, 2.75) is 44.7 Å². The molecule has 1 aromatic heterocycles. The van der Waals surface area contributed by atoms with E-state index < -0.39 is 11.6 Å². The SMILES string of the molecule is CCN(C)c1nccc(N[C@H]2CC[C@@H](NC(=O)c3ccc(F)c(F)c3)CC2)n1.Cl. The van der Waals surface area contributed by atoms with Gasteiger partial charge in [-0.15, -0.1) is 12.4 Å². The number of halogens is 3. The van der Waals surface area contributed by atoms with Gasteiger partial charge in [0.15, 0.2) is 11.6 Å². The maximum atomic E-state index is 13.3. The predicted octanol–water partition coefficient (Wildman–Crippen LogP) is 3.79. The molecule has 1 fully saturated rings. The third kappa shape index (κ3) is 6.00. The van der Waals surface area contributed by atoms with E-state index in [1.807, 2.05) is 24.9 Å². The molecular formula is C20H26ClF2N5O. The fourth-order valence-corrected chi connectivity index (χ4v) is 3.25. The van der Waals surface area contributed by atoms with Crippen molar-refractivity contribution in [2.75, 3.05) is 23.8 Å². The number of carbonyl (C=O) groups excluding carboxylic acids is 1. The number of benzene rings is 1. The molecule has 1 heterocycles. The van der Waals surface area contributed by atoms with Gasteiger partial charge < -0.3 is 15.5 Å². The quantitative estimate of drug-likeness (QED) is 0.737. The van der Waals surface area contributed by atoms with Crippen molar-refractivity contribution in [3.05, 3.63) is 47.7 Å². The van der Waals surface area contributed by atoms with Gasteiger partial charge in [0.25, 0.3) is 5.91 Å². The second-order valence-electron chi connectivity index (χ2n) is 7.05. The van der Waals surface area contributed by atoms with Gasteiger partial charge in [0.1, 0.15) is 5.82 Å². The lowest BCUT2D eigenvalue weighted by molar-refractivity contribution is 0.0926. The molecule has 9 heteroatoms. The lowest BCUT2D eigenvalue weighted by Crippen LogP contribution is -2.40. The number of amides is 1. The molecule has 0 saturated heterocycles. The van der Waals surface area contributed by atoms with E-state index in [1.54, 1.807) is 6.20 Å². The monoisotopic (exact) mass is 425 g/mol. The minimum atomic E-state index is -1.02. The van der Waals surface area contributed by atoms with E-state index in [0.29, 0.717) is 5.95 Å². The topological polar surface area (TPSA) is 70.2 Å². The molecule has 0 spiro atoms. The summed E-state index contributed by atoms with van der Waals surface area (Å²) in [6, 6.07) is 5.33. The van der Waals surface area contributed by atoms with Crippen LogP contribution >= 0.6 is 12.4 Å². The first-order valence-corrected chi connectivity index (χ1v) is 9.53. The standard InChI is InChI=1S/C20H25F2N5O.ClH/c1-3-27(2)20-23-11-10-18(26-20)24-14-5-7-15(8-6-14)25-19(28)13-4-9-16(21)17(22)12-13;/h4,9-12,14-15H,3,5-8H2,1-2H3,(H,25,28)(H,23,24,26);1H/t14-,15+;. The average molecular weight is 426 g/mol. The van der Waals surface area contributed by atoms with Gasteiger partial charge in [0.2, 0.25) is 5.95 Å². The summed E-state index contributed by atoms with van der Waals surface area (Å²) in [4.78, 5) is 23.0. The Morgan fingerprint density at radius 2 is 1.83 bits per heavy atom. The van der Waals surface area contributed by atoms with Crippen LogP contribution in [0.25, 0.3) is 0 Å². The molecule has 1 amide bonds. The maximum absolute atomic E-state index is 13.3. The van der Waals surface area contributed by atoms with Crippen molar-refractivity contribution < 1.29 is 13.6 Å². The maximum Gasteiger partial charge on any atom is 0.251 e. The highest BCUT2D eigenvalue weighted by Crippen LogP contribution is 2.22. The van der Waals surface area contributed by atoms with Crippen LogP contribution in [0.5, 0.6) is 0 Å². The summed E-state index contributed by atoms with van der Waals surface area (Å²) in [6.45, 7) is 2.87. The molecule has 0 radical (unpaired) electrons. The lowest BCUT2D eigenvalue weighted by Gasteiger charge is -2.30. The van der Waals surface area contributed by atoms with Crippen LogP contribution in [-0.4, -0.2) is 41.6 Å². The van der Waals surface area contributed by atoms with Gasteiger partial charge in [0.05, 0.1) is 0 Å². The Morgan fingerprint density at radius 1 is 1.14 bits per heavy atom. The van der Waals surface area contributed by atoms with E-state index in [0.717, 1.165) is 50.2 Å². The number of nitrogens with one attached hydrogen (secondary N) is 2. The van der Waals surface area contributed by atoms with E-state index in [2.05, 4.69) is 20.6 Å². The molecule has 29 heavy (non-hydrogen) atoms. The number of nitrogens with zero attached hydrogens (tertiary/aromatic N) is 3. The zero-order chi connectivity index (χ0) is 20.1. The molecule has 2 N–H and O–H groups in total. The minimum absolute atomic E-state index is 0. The molecule has 2 aromatic rings. The molecule has 0 aliphatic heterocycles. The lowest BCUT2D eigenvalue weighted by atomic mass is 9.91. The summed E-state index contributed by atoms with van der Waals surface area (Å²) >= 11 is 0. The van der Waals surface area contributed by atoms with Crippen LogP contribution in [0.3, 0.4) is 0 Å². The smallest absolute Gasteiger partial charge is 0.251 e. The van der Waals surface area contributed by atoms with Crippen molar-refractivity contribution in [1.29, 1.82) is 0 Å². The van der Waals surface area contributed by atoms with E-state index in [9.17, 15) is 13.6 Å². The third-order valence-electron chi connectivity index (χ3n) is 5.05. The summed E-state index contributed by atoms with van der Waals surface area (Å²) in [6.07, 6.45) is 5.11. The highest BCUT2D eigenvalue weighted by atomic mass is 35.5. The average Bonchev–Trinajstić information content (AvgIpc) is 2.71. The van der Waals surface area contributed by atoms with Crippen molar-refractivity contribution in [3.63, 3.8) is 0 Å². The third-order valence-corrected chi connectivity index (χ3v) is 5.05. The summed E-state index contributed by atoms with van der Waals surface area (Å²) in [5.74, 6) is -0.877. The van der Waals surface area contributed by atoms with Gasteiger partial charge >= 0.3 is 0 Å². The highest BCUT2D eigenvalue weighted by Gasteiger charge is 2.23. The van der Waals surface area contributed by atoms with E-state index in [4.69, 9.17) is 0 Å². The van der Waals surface area contributed by atoms with Crippen molar-refractivity contribution in [1.82, 2.24) is 15.3 Å². The molecule has 0 atom stereocenters. The largest absolute Gasteiger partial charge is 0.367 e. The second kappa shape index (κ2) is 10.3. The molecule has 0 unspecified atom stereocenters. The second-order valence-corrected chi connectivity index (χ2v) is 7.05. The first kappa shape index (κ1) is 22.8. The fraction of sp³-hybridized carbons (Fsp3) is 0.450. The molecule has 0 bridgehead atoms. The van der Waals surface area contributed by atoms with Gasteiger partial charge in [0, 0.05) is 37.4 Å². The number of carbonyl (C=O) groups is 1. The Morgan fingerprint density at radius 3 is 2.48 bits per heavy atom. The van der Waals surface area contributed by atoms with Crippen LogP contribution in [-0.2, 0) is 0 Å². The number of aromatic nitrogens is 2. The summed E-state index contributed by atoms with van der Waals surface area (Å²) in [5.41, 5.74) is 0.132. The predicted molar refractivity (Wildman–Crippen MR) is 112 cm³/mol. The first-order chi connectivity index (χ1) is 13.5. The van der Waals surface area contributed by atoms with Crippen LogP contribution in [0.15, 0.2) is 30.5 Å². The zero-order valence-electron chi connectivity index (χ0n) is 16.5. The Hall–Kier alpha value is -2.48. The Labute approximate surface area is 175 Å². The number of hydrogen-bond acceptors (Lipinski definition) is 5. The van der Waals surface area contributed by atoms with E-state index >= 15 is 0 Å². The van der Waals surface area contributed by atoms with Gasteiger partial charge in [-0.25, -0.2) is 13.8 Å². The minimum Gasteiger partial charge on any atom is -0.367 e. The molecule has 3 rings (SSSR count). The molecule has 1 saturated carbocycles. The van der Waals surface area contributed by atoms with Crippen molar-refractivity contribution in [3.8, 4) is 0 Å². The fourth-order valence-electron chi connectivity index (χ4n) is 3.25. The molecule has 158 valence electrons. The highest BCUT2D eigenvalue weighted by molar-refractivity contribution is 5.94. The Bertz CT molecular complexity index is 830. The van der Waals surface area contributed by atoms with Gasteiger partial charge in [-0.2, -0.15) is 4.98 Å². The van der Waals surface area contributed by atoms with Gasteiger partial charge in [-0.3, -0.25) is 4.79 Å². The van der Waals surface area contributed by atoms with Gasteiger partial charge in [-0.1, -0.05) is 0 Å². The van der Waals surface area contributed by atoms with E-state index in [-0.39, 0.29) is 36.0 Å². The zero-order valence-corrected chi connectivity index (χ0v) is 17.3. The molecule has 1 aliphatic carbocycles. The van der Waals surface area contributed by atoms with Gasteiger partial charge in [-0.05, 0) is 56.9 Å². The molecular weight excluding hydrogens is 400 g/mol. The number of hydrogen-bond donors (Lipinski definition) is 2. The normalized spacial score (nSPS) is 18.5. The van der Waals surface area contributed by atoms with Crippen LogP contribution < -0.4 is 15.5 Å². The van der Waals surface area contributed by atoms with Crippen LogP contribution in [0, 0.1) is 11.6 Å². The number of anilines is 2. The van der Waals surface area contributed by atoms with Crippen LogP contribution in [0.4, 0.5) is 20.5 Å². The molecule has 1 aliphatic rings. The molecule has 1 aromatic carbocycles.